The van der Waals surface area contributed by atoms with Gasteiger partial charge in [0.1, 0.15) is 6.54 Å². The lowest BCUT2D eigenvalue weighted by molar-refractivity contribution is -0.121. The third-order valence-corrected chi connectivity index (χ3v) is 3.50. The molecule has 0 aliphatic carbocycles. The molecule has 0 aromatic carbocycles. The number of fused-ring (bicyclic) bond motifs is 1. The molecule has 24 heavy (non-hydrogen) atoms. The van der Waals surface area contributed by atoms with Gasteiger partial charge in [0.2, 0.25) is 5.91 Å². The number of nitrogens with zero attached hydrogens (tertiary/aromatic N) is 3. The van der Waals surface area contributed by atoms with E-state index in [0.717, 1.165) is 4.57 Å². The maximum atomic E-state index is 12.2. The van der Waals surface area contributed by atoms with E-state index in [-0.39, 0.29) is 18.6 Å². The minimum atomic E-state index is -0.740. The Hall–Kier alpha value is -2.48. The number of hydrogen-bond acceptors (Lipinski definition) is 5. The molecule has 8 nitrogen and oxygen atoms in total. The van der Waals surface area contributed by atoms with Crippen molar-refractivity contribution in [1.82, 2.24) is 19.4 Å². The number of amides is 1. The maximum Gasteiger partial charge on any atom is 0.317 e. The van der Waals surface area contributed by atoms with E-state index in [4.69, 9.17) is 4.74 Å². The zero-order valence-electron chi connectivity index (χ0n) is 14.1. The van der Waals surface area contributed by atoms with Crippen molar-refractivity contribution in [3.63, 3.8) is 0 Å². The van der Waals surface area contributed by atoms with E-state index < -0.39 is 11.1 Å². The Bertz CT molecular complexity index is 838. The highest BCUT2D eigenvalue weighted by Gasteiger charge is 2.13. The Morgan fingerprint density at radius 3 is 2.79 bits per heavy atom. The van der Waals surface area contributed by atoms with Gasteiger partial charge in [-0.25, -0.2) is 4.98 Å². The molecule has 130 valence electrons. The number of aryl methyl sites for hydroxylation is 1. The van der Waals surface area contributed by atoms with Crippen LogP contribution in [-0.2, 0) is 23.1 Å². The van der Waals surface area contributed by atoms with Crippen LogP contribution >= 0.6 is 0 Å². The first-order valence-corrected chi connectivity index (χ1v) is 7.84. The van der Waals surface area contributed by atoms with E-state index in [2.05, 4.69) is 10.3 Å². The maximum absolute atomic E-state index is 12.2. The van der Waals surface area contributed by atoms with Crippen molar-refractivity contribution in [3.8, 4) is 0 Å². The lowest BCUT2D eigenvalue weighted by Gasteiger charge is -2.12. The molecule has 2 heterocycles. The standard InChI is InChI=1S/C16H22N4O4/c1-11(2)24-9-5-8-17-13(21)10-20-12-6-4-7-18-14(12)19(3)15(22)16(20)23/h4,6-7,11H,5,8-10H2,1-3H3,(H,17,21). The normalized spacial score (nSPS) is 11.2. The first-order valence-electron chi connectivity index (χ1n) is 7.84. The largest absolute Gasteiger partial charge is 0.379 e. The van der Waals surface area contributed by atoms with Gasteiger partial charge >= 0.3 is 11.1 Å². The highest BCUT2D eigenvalue weighted by atomic mass is 16.5. The molecule has 2 rings (SSSR count). The molecule has 2 aromatic heterocycles. The molecule has 0 aliphatic rings. The van der Waals surface area contributed by atoms with Crippen LogP contribution in [0.15, 0.2) is 27.9 Å². The Labute approximate surface area is 139 Å². The zero-order valence-corrected chi connectivity index (χ0v) is 14.1. The summed E-state index contributed by atoms with van der Waals surface area (Å²) in [6, 6.07) is 3.32. The van der Waals surface area contributed by atoms with Gasteiger partial charge in [0, 0.05) is 26.4 Å². The van der Waals surface area contributed by atoms with Gasteiger partial charge in [0.05, 0.1) is 11.6 Å². The fourth-order valence-corrected chi connectivity index (χ4v) is 2.30. The summed E-state index contributed by atoms with van der Waals surface area (Å²) in [5, 5.41) is 2.72. The Balaban J connectivity index is 2.11. The molecule has 0 unspecified atom stereocenters. The van der Waals surface area contributed by atoms with E-state index in [9.17, 15) is 14.4 Å². The fourth-order valence-electron chi connectivity index (χ4n) is 2.30. The summed E-state index contributed by atoms with van der Waals surface area (Å²) in [6.45, 7) is 4.67. The van der Waals surface area contributed by atoms with E-state index >= 15 is 0 Å². The van der Waals surface area contributed by atoms with E-state index in [0.29, 0.717) is 30.7 Å². The van der Waals surface area contributed by atoms with E-state index in [1.54, 1.807) is 12.1 Å². The number of ether oxygens (including phenoxy) is 1. The van der Waals surface area contributed by atoms with Crippen LogP contribution in [0.5, 0.6) is 0 Å². The van der Waals surface area contributed by atoms with Crippen LogP contribution in [0.2, 0.25) is 0 Å². The molecular formula is C16H22N4O4. The first kappa shape index (κ1) is 17.9. The van der Waals surface area contributed by atoms with Gasteiger partial charge in [-0.1, -0.05) is 0 Å². The van der Waals surface area contributed by atoms with Gasteiger partial charge in [-0.2, -0.15) is 0 Å². The third-order valence-electron chi connectivity index (χ3n) is 3.50. The Kier molecular flexibility index (Phi) is 5.86. The number of nitrogens with one attached hydrogen (secondary N) is 1. The number of aromatic nitrogens is 3. The van der Waals surface area contributed by atoms with Gasteiger partial charge in [-0.3, -0.25) is 23.5 Å². The number of hydrogen-bond donors (Lipinski definition) is 1. The topological polar surface area (TPSA) is 95.2 Å². The summed E-state index contributed by atoms with van der Waals surface area (Å²) in [5.74, 6) is -0.333. The summed E-state index contributed by atoms with van der Waals surface area (Å²) in [5.41, 5.74) is -0.640. The summed E-state index contributed by atoms with van der Waals surface area (Å²) in [6.07, 6.45) is 2.36. The molecule has 0 atom stereocenters. The van der Waals surface area contributed by atoms with Crippen LogP contribution in [-0.4, -0.2) is 39.3 Å². The van der Waals surface area contributed by atoms with Crippen LogP contribution in [0, 0.1) is 0 Å². The Morgan fingerprint density at radius 1 is 1.33 bits per heavy atom. The number of carbonyl (C=O) groups excluding carboxylic acids is 1. The molecule has 2 aromatic rings. The molecule has 0 fully saturated rings. The van der Waals surface area contributed by atoms with Crippen molar-refractivity contribution in [2.45, 2.75) is 32.9 Å². The zero-order chi connectivity index (χ0) is 17.7. The van der Waals surface area contributed by atoms with Crippen molar-refractivity contribution in [3.05, 3.63) is 39.0 Å². The van der Waals surface area contributed by atoms with Crippen LogP contribution in [0.1, 0.15) is 20.3 Å². The number of pyridine rings is 1. The van der Waals surface area contributed by atoms with Crippen molar-refractivity contribution in [1.29, 1.82) is 0 Å². The first-order chi connectivity index (χ1) is 11.4. The predicted molar refractivity (Wildman–Crippen MR) is 90.0 cm³/mol. The minimum absolute atomic E-state index is 0.152. The molecule has 0 saturated carbocycles. The van der Waals surface area contributed by atoms with Crippen molar-refractivity contribution >= 4 is 17.1 Å². The van der Waals surface area contributed by atoms with Gasteiger partial charge in [-0.05, 0) is 32.4 Å². The Morgan fingerprint density at radius 2 is 2.08 bits per heavy atom. The lowest BCUT2D eigenvalue weighted by Crippen LogP contribution is -2.43. The molecule has 0 saturated heterocycles. The van der Waals surface area contributed by atoms with Crippen molar-refractivity contribution < 1.29 is 9.53 Å². The second-order valence-corrected chi connectivity index (χ2v) is 5.72. The summed E-state index contributed by atoms with van der Waals surface area (Å²) >= 11 is 0. The van der Waals surface area contributed by atoms with Crippen LogP contribution < -0.4 is 16.4 Å². The monoisotopic (exact) mass is 334 g/mol. The lowest BCUT2D eigenvalue weighted by atomic mass is 10.3. The second-order valence-electron chi connectivity index (χ2n) is 5.72. The molecule has 1 amide bonds. The number of carbonyl (C=O) groups is 1. The van der Waals surface area contributed by atoms with Crippen molar-refractivity contribution in [2.75, 3.05) is 13.2 Å². The average molecular weight is 334 g/mol. The minimum Gasteiger partial charge on any atom is -0.379 e. The highest BCUT2D eigenvalue weighted by molar-refractivity contribution is 5.78. The third kappa shape index (κ3) is 4.08. The predicted octanol–water partition coefficient (Wildman–Crippen LogP) is 0.0265. The highest BCUT2D eigenvalue weighted by Crippen LogP contribution is 2.05. The second kappa shape index (κ2) is 7.87. The number of rotatable bonds is 7. The molecule has 1 N–H and O–H groups in total. The van der Waals surface area contributed by atoms with Crippen LogP contribution in [0.25, 0.3) is 11.2 Å². The smallest absolute Gasteiger partial charge is 0.317 e. The van der Waals surface area contributed by atoms with Crippen molar-refractivity contribution in [2.24, 2.45) is 7.05 Å². The molecule has 0 bridgehead atoms. The molecule has 0 spiro atoms. The van der Waals surface area contributed by atoms with Crippen LogP contribution in [0.4, 0.5) is 0 Å². The SMILES string of the molecule is CC(C)OCCCNC(=O)Cn1c(=O)c(=O)n(C)c2ncccc21. The average Bonchev–Trinajstić information content (AvgIpc) is 2.56. The van der Waals surface area contributed by atoms with Gasteiger partial charge in [0.15, 0.2) is 5.65 Å². The molecule has 0 radical (unpaired) electrons. The molecular weight excluding hydrogens is 312 g/mol. The van der Waals surface area contributed by atoms with E-state index in [1.165, 1.54) is 17.8 Å². The van der Waals surface area contributed by atoms with E-state index in [1.807, 2.05) is 13.8 Å². The summed E-state index contributed by atoms with van der Waals surface area (Å²) < 4.78 is 7.74. The fraction of sp³-hybridized carbons (Fsp3) is 0.500. The summed E-state index contributed by atoms with van der Waals surface area (Å²) in [7, 11) is 1.48. The van der Waals surface area contributed by atoms with Gasteiger partial charge in [-0.15, -0.1) is 0 Å². The quantitative estimate of drug-likeness (QED) is 0.569. The van der Waals surface area contributed by atoms with Gasteiger partial charge < -0.3 is 10.1 Å². The molecule has 8 heteroatoms. The van der Waals surface area contributed by atoms with Crippen LogP contribution in [0.3, 0.4) is 0 Å². The summed E-state index contributed by atoms with van der Waals surface area (Å²) in [4.78, 5) is 40.4. The van der Waals surface area contributed by atoms with Gasteiger partial charge in [0.25, 0.3) is 0 Å². The molecule has 0 aliphatic heterocycles.